The van der Waals surface area contributed by atoms with Gasteiger partial charge in [-0.25, -0.2) is 8.78 Å². The Bertz CT molecular complexity index is 727. The number of rotatable bonds is 5. The number of hydrogen-bond acceptors (Lipinski definition) is 1. The summed E-state index contributed by atoms with van der Waals surface area (Å²) in [6, 6.07) is 6.28. The lowest BCUT2D eigenvalue weighted by molar-refractivity contribution is 0.461. The molecule has 0 amide bonds. The molecular weight excluding hydrogens is 378 g/mol. The standard InChI is InChI=1S/C17H21BrF2N4/c1-21-17(24(3)11-14-9-13(18)10-23(14)2)22-8-7-12-5-4-6-15(19)16(12)20/h4-6,9-10H,7-8,11H2,1-3H3,(H,21,22). The van der Waals surface area contributed by atoms with E-state index in [4.69, 9.17) is 0 Å². The number of nitrogens with one attached hydrogen (secondary N) is 1. The van der Waals surface area contributed by atoms with Gasteiger partial charge in [-0.2, -0.15) is 0 Å². The molecule has 1 aromatic carbocycles. The summed E-state index contributed by atoms with van der Waals surface area (Å²) in [4.78, 5) is 6.21. The largest absolute Gasteiger partial charge is 0.356 e. The van der Waals surface area contributed by atoms with E-state index < -0.39 is 11.6 Å². The van der Waals surface area contributed by atoms with Gasteiger partial charge in [-0.3, -0.25) is 4.99 Å². The molecule has 0 bridgehead atoms. The van der Waals surface area contributed by atoms with Crippen molar-refractivity contribution in [2.75, 3.05) is 20.6 Å². The van der Waals surface area contributed by atoms with Gasteiger partial charge in [-0.15, -0.1) is 0 Å². The zero-order valence-electron chi connectivity index (χ0n) is 14.0. The number of aromatic nitrogens is 1. The number of aliphatic imine (C=N–C) groups is 1. The minimum Gasteiger partial charge on any atom is -0.356 e. The molecule has 0 fully saturated rings. The Labute approximate surface area is 149 Å². The van der Waals surface area contributed by atoms with Crippen LogP contribution >= 0.6 is 15.9 Å². The van der Waals surface area contributed by atoms with Gasteiger partial charge in [-0.1, -0.05) is 12.1 Å². The number of benzene rings is 1. The van der Waals surface area contributed by atoms with Crippen molar-refractivity contribution >= 4 is 21.9 Å². The lowest BCUT2D eigenvalue weighted by Gasteiger charge is -2.22. The van der Waals surface area contributed by atoms with Crippen molar-refractivity contribution in [3.05, 3.63) is 57.8 Å². The first-order chi connectivity index (χ1) is 11.4. The van der Waals surface area contributed by atoms with Gasteiger partial charge in [-0.05, 0) is 40.0 Å². The summed E-state index contributed by atoms with van der Waals surface area (Å²) >= 11 is 3.46. The Hall–Kier alpha value is -1.89. The van der Waals surface area contributed by atoms with Crippen molar-refractivity contribution in [3.8, 4) is 0 Å². The molecule has 4 nitrogen and oxygen atoms in total. The van der Waals surface area contributed by atoms with E-state index in [1.54, 1.807) is 13.1 Å². The van der Waals surface area contributed by atoms with Crippen LogP contribution in [0.25, 0.3) is 0 Å². The van der Waals surface area contributed by atoms with E-state index in [1.807, 2.05) is 35.8 Å². The van der Waals surface area contributed by atoms with Gasteiger partial charge in [0.1, 0.15) is 0 Å². The third-order valence-corrected chi connectivity index (χ3v) is 4.19. The first-order valence-corrected chi connectivity index (χ1v) is 8.37. The second-order valence-electron chi connectivity index (χ2n) is 5.55. The average molecular weight is 399 g/mol. The molecule has 7 heteroatoms. The highest BCUT2D eigenvalue weighted by Gasteiger charge is 2.11. The van der Waals surface area contributed by atoms with Gasteiger partial charge >= 0.3 is 0 Å². The molecule has 0 spiro atoms. The number of guanidine groups is 1. The quantitative estimate of drug-likeness (QED) is 0.618. The van der Waals surface area contributed by atoms with Crippen LogP contribution in [0.5, 0.6) is 0 Å². The van der Waals surface area contributed by atoms with Gasteiger partial charge in [0.2, 0.25) is 0 Å². The van der Waals surface area contributed by atoms with E-state index in [1.165, 1.54) is 6.07 Å². The lowest BCUT2D eigenvalue weighted by Crippen LogP contribution is -2.39. The van der Waals surface area contributed by atoms with Crippen molar-refractivity contribution in [2.45, 2.75) is 13.0 Å². The molecule has 0 aliphatic carbocycles. The molecule has 1 N–H and O–H groups in total. The van der Waals surface area contributed by atoms with Crippen LogP contribution in [-0.2, 0) is 20.0 Å². The third kappa shape index (κ3) is 4.56. The van der Waals surface area contributed by atoms with E-state index in [0.29, 0.717) is 31.0 Å². The predicted octanol–water partition coefficient (Wildman–Crippen LogP) is 3.32. The normalized spacial score (nSPS) is 11.7. The number of nitrogens with zero attached hydrogens (tertiary/aromatic N) is 3. The Balaban J connectivity index is 1.92. The summed E-state index contributed by atoms with van der Waals surface area (Å²) in [6.07, 6.45) is 2.37. The monoisotopic (exact) mass is 398 g/mol. The van der Waals surface area contributed by atoms with Crippen molar-refractivity contribution in [3.63, 3.8) is 0 Å². The molecule has 1 heterocycles. The van der Waals surface area contributed by atoms with Crippen molar-refractivity contribution in [1.82, 2.24) is 14.8 Å². The number of halogens is 3. The van der Waals surface area contributed by atoms with Crippen LogP contribution in [0.4, 0.5) is 8.78 Å². The maximum Gasteiger partial charge on any atom is 0.193 e. The maximum atomic E-state index is 13.7. The van der Waals surface area contributed by atoms with Crippen molar-refractivity contribution in [2.24, 2.45) is 12.0 Å². The van der Waals surface area contributed by atoms with Crippen LogP contribution in [-0.4, -0.2) is 36.1 Å². The molecule has 0 saturated heterocycles. The molecule has 0 atom stereocenters. The molecule has 1 aromatic heterocycles. The fourth-order valence-corrected chi connectivity index (χ4v) is 3.05. The molecule has 2 aromatic rings. The number of aryl methyl sites for hydroxylation is 1. The van der Waals surface area contributed by atoms with Crippen LogP contribution in [0.15, 0.2) is 39.9 Å². The second-order valence-corrected chi connectivity index (χ2v) is 6.47. The summed E-state index contributed by atoms with van der Waals surface area (Å²) in [7, 11) is 5.61. The topological polar surface area (TPSA) is 32.6 Å². The molecule has 0 saturated carbocycles. The second kappa shape index (κ2) is 8.28. The summed E-state index contributed by atoms with van der Waals surface area (Å²) in [5.41, 5.74) is 1.48. The van der Waals surface area contributed by atoms with Crippen LogP contribution in [0.3, 0.4) is 0 Å². The van der Waals surface area contributed by atoms with Gasteiger partial charge in [0.25, 0.3) is 0 Å². The fraction of sp³-hybridized carbons (Fsp3) is 0.353. The molecule has 2 rings (SSSR count). The van der Waals surface area contributed by atoms with Crippen LogP contribution in [0.1, 0.15) is 11.3 Å². The molecule has 130 valence electrons. The zero-order chi connectivity index (χ0) is 17.7. The first kappa shape index (κ1) is 18.4. The van der Waals surface area contributed by atoms with Gasteiger partial charge in [0.15, 0.2) is 17.6 Å². The van der Waals surface area contributed by atoms with Crippen LogP contribution < -0.4 is 5.32 Å². The van der Waals surface area contributed by atoms with E-state index >= 15 is 0 Å². The average Bonchev–Trinajstić information content (AvgIpc) is 2.85. The van der Waals surface area contributed by atoms with E-state index in [2.05, 4.69) is 26.2 Å². The first-order valence-electron chi connectivity index (χ1n) is 7.57. The Morgan fingerprint density at radius 3 is 2.75 bits per heavy atom. The van der Waals surface area contributed by atoms with E-state index in [9.17, 15) is 8.78 Å². The highest BCUT2D eigenvalue weighted by molar-refractivity contribution is 9.10. The summed E-state index contributed by atoms with van der Waals surface area (Å²) < 4.78 is 29.9. The highest BCUT2D eigenvalue weighted by Crippen LogP contribution is 2.15. The number of hydrogen-bond donors (Lipinski definition) is 1. The van der Waals surface area contributed by atoms with Crippen LogP contribution in [0.2, 0.25) is 0 Å². The smallest absolute Gasteiger partial charge is 0.193 e. The molecule has 24 heavy (non-hydrogen) atoms. The fourth-order valence-electron chi connectivity index (χ4n) is 2.48. The summed E-state index contributed by atoms with van der Waals surface area (Å²) in [6.45, 7) is 1.14. The lowest BCUT2D eigenvalue weighted by atomic mass is 10.1. The Kier molecular flexibility index (Phi) is 6.36. The predicted molar refractivity (Wildman–Crippen MR) is 96.0 cm³/mol. The summed E-state index contributed by atoms with van der Waals surface area (Å²) in [5.74, 6) is -0.899. The van der Waals surface area contributed by atoms with Crippen molar-refractivity contribution in [1.29, 1.82) is 0 Å². The van der Waals surface area contributed by atoms with Crippen LogP contribution in [0, 0.1) is 11.6 Å². The molecular formula is C17H21BrF2N4. The zero-order valence-corrected chi connectivity index (χ0v) is 15.6. The SMILES string of the molecule is CN=C(NCCc1cccc(F)c1F)N(C)Cc1cc(Br)cn1C. The summed E-state index contributed by atoms with van der Waals surface area (Å²) in [5, 5.41) is 3.18. The minimum absolute atomic E-state index is 0.354. The Morgan fingerprint density at radius 1 is 1.38 bits per heavy atom. The minimum atomic E-state index is -0.816. The Morgan fingerprint density at radius 2 is 2.12 bits per heavy atom. The molecule has 0 unspecified atom stereocenters. The third-order valence-electron chi connectivity index (χ3n) is 3.76. The van der Waals surface area contributed by atoms with E-state index in [0.717, 1.165) is 16.2 Å². The van der Waals surface area contributed by atoms with Gasteiger partial charge in [0.05, 0.1) is 6.54 Å². The molecule has 0 radical (unpaired) electrons. The highest BCUT2D eigenvalue weighted by atomic mass is 79.9. The van der Waals surface area contributed by atoms with E-state index in [-0.39, 0.29) is 0 Å². The maximum absolute atomic E-state index is 13.7. The van der Waals surface area contributed by atoms with Gasteiger partial charge < -0.3 is 14.8 Å². The molecule has 0 aliphatic heterocycles. The molecule has 0 aliphatic rings. The van der Waals surface area contributed by atoms with Crippen molar-refractivity contribution < 1.29 is 8.78 Å². The van der Waals surface area contributed by atoms with Gasteiger partial charge in [0, 0.05) is 44.1 Å².